The summed E-state index contributed by atoms with van der Waals surface area (Å²) in [7, 11) is 1.66. The molecule has 0 fully saturated rings. The zero-order valence-electron chi connectivity index (χ0n) is 15.4. The molecule has 0 radical (unpaired) electrons. The Bertz CT molecular complexity index is 1070. The maximum Gasteiger partial charge on any atom is 0.573 e. The van der Waals surface area contributed by atoms with Crippen LogP contribution in [0, 0.1) is 0 Å². The van der Waals surface area contributed by atoms with Gasteiger partial charge in [-0.1, -0.05) is 12.1 Å². The van der Waals surface area contributed by atoms with Crippen molar-refractivity contribution in [2.75, 3.05) is 12.4 Å². The highest BCUT2D eigenvalue weighted by atomic mass is 19.4. The highest BCUT2D eigenvalue weighted by molar-refractivity contribution is 5.76. The van der Waals surface area contributed by atoms with Crippen LogP contribution < -0.4 is 21.1 Å². The largest absolute Gasteiger partial charge is 0.573 e. The monoisotopic (exact) mass is 410 g/mol. The highest BCUT2D eigenvalue weighted by Gasteiger charge is 2.31. The molecule has 0 saturated heterocycles. The Balaban J connectivity index is 1.68. The van der Waals surface area contributed by atoms with Crippen LogP contribution in [0.4, 0.5) is 18.9 Å². The first kappa shape index (κ1) is 20.2. The van der Waals surface area contributed by atoms with Crippen LogP contribution >= 0.6 is 0 Å². The number of hydrogen-bond donors (Lipinski definition) is 2. The molecule has 2 aromatic heterocycles. The number of carbonyl (C=O) groups excluding carboxylic acids is 1. The topological polar surface area (TPSA) is 103 Å². The van der Waals surface area contributed by atoms with Gasteiger partial charge in [0.15, 0.2) is 0 Å². The van der Waals surface area contributed by atoms with Gasteiger partial charge in [0.2, 0.25) is 11.6 Å². The zero-order chi connectivity index (χ0) is 21.2. The van der Waals surface area contributed by atoms with Crippen LogP contribution in [0.3, 0.4) is 0 Å². The Kier molecular flexibility index (Phi) is 5.43. The lowest BCUT2D eigenvalue weighted by Crippen LogP contribution is -2.34. The third kappa shape index (κ3) is 4.65. The van der Waals surface area contributed by atoms with E-state index in [2.05, 4.69) is 25.6 Å². The van der Waals surface area contributed by atoms with Crippen molar-refractivity contribution in [2.24, 2.45) is 0 Å². The summed E-state index contributed by atoms with van der Waals surface area (Å²) in [4.78, 5) is 24.6. The van der Waals surface area contributed by atoms with Gasteiger partial charge >= 0.3 is 12.1 Å². The van der Waals surface area contributed by atoms with E-state index in [1.807, 2.05) is 0 Å². The number of carbonyl (C=O) groups is 1. The number of nitrogens with zero attached hydrogens (tertiary/aromatic N) is 4. The molecule has 154 valence electrons. The number of hydrogen-bond acceptors (Lipinski definition) is 6. The van der Waals surface area contributed by atoms with Crippen molar-refractivity contribution < 1.29 is 22.7 Å². The smallest absolute Gasteiger partial charge is 0.406 e. The number of rotatable bonds is 6. The second-order valence-electron chi connectivity index (χ2n) is 6.08. The summed E-state index contributed by atoms with van der Waals surface area (Å²) < 4.78 is 42.5. The van der Waals surface area contributed by atoms with Gasteiger partial charge in [-0.2, -0.15) is 9.61 Å². The Labute approximate surface area is 162 Å². The number of amides is 1. The van der Waals surface area contributed by atoms with Crippen molar-refractivity contribution in [1.29, 1.82) is 0 Å². The molecular formula is C17H17F3N6O3. The molecule has 0 saturated carbocycles. The molecule has 3 aromatic rings. The van der Waals surface area contributed by atoms with E-state index in [9.17, 15) is 22.8 Å². The van der Waals surface area contributed by atoms with Gasteiger partial charge in [0, 0.05) is 7.05 Å². The van der Waals surface area contributed by atoms with Gasteiger partial charge in [-0.15, -0.1) is 18.3 Å². The normalized spacial score (nSPS) is 12.6. The van der Waals surface area contributed by atoms with E-state index in [-0.39, 0.29) is 17.9 Å². The summed E-state index contributed by atoms with van der Waals surface area (Å²) >= 11 is 0. The fraction of sp³-hybridized carbons (Fsp3) is 0.294. The molecule has 12 heteroatoms. The number of alkyl halides is 3. The fourth-order valence-corrected chi connectivity index (χ4v) is 2.68. The number of aromatic nitrogens is 4. The Morgan fingerprint density at radius 3 is 2.55 bits per heavy atom. The number of halogens is 3. The summed E-state index contributed by atoms with van der Waals surface area (Å²) in [6.07, 6.45) is -3.34. The van der Waals surface area contributed by atoms with Gasteiger partial charge in [0.05, 0.1) is 17.9 Å². The molecule has 0 aliphatic rings. The van der Waals surface area contributed by atoms with Gasteiger partial charge in [0.1, 0.15) is 12.3 Å². The minimum absolute atomic E-state index is 0.279. The van der Waals surface area contributed by atoms with E-state index in [0.717, 1.165) is 21.3 Å². The van der Waals surface area contributed by atoms with Crippen LogP contribution in [0.2, 0.25) is 0 Å². The molecule has 2 heterocycles. The van der Waals surface area contributed by atoms with E-state index in [1.54, 1.807) is 20.0 Å². The predicted molar refractivity (Wildman–Crippen MR) is 96.5 cm³/mol. The zero-order valence-corrected chi connectivity index (χ0v) is 15.4. The first-order valence-electron chi connectivity index (χ1n) is 8.45. The first-order valence-corrected chi connectivity index (χ1v) is 8.45. The van der Waals surface area contributed by atoms with E-state index < -0.39 is 24.0 Å². The maximum atomic E-state index is 12.3. The van der Waals surface area contributed by atoms with Crippen LogP contribution in [0.5, 0.6) is 5.75 Å². The summed E-state index contributed by atoms with van der Waals surface area (Å²) in [5.74, 6) is -0.853. The molecule has 1 atom stereocenters. The average molecular weight is 410 g/mol. The Hall–Kier alpha value is -3.57. The molecule has 2 N–H and O–H groups in total. The second kappa shape index (κ2) is 7.81. The van der Waals surface area contributed by atoms with Gasteiger partial charge in [-0.3, -0.25) is 4.79 Å². The molecule has 0 unspecified atom stereocenters. The number of fused-ring (bicyclic) bond motifs is 1. The second-order valence-corrected chi connectivity index (χ2v) is 6.08. The molecule has 29 heavy (non-hydrogen) atoms. The Morgan fingerprint density at radius 1 is 1.24 bits per heavy atom. The third-order valence-electron chi connectivity index (χ3n) is 4.04. The summed E-state index contributed by atoms with van der Waals surface area (Å²) in [5, 5.41) is 13.6. The van der Waals surface area contributed by atoms with Gasteiger partial charge in [-0.25, -0.2) is 9.48 Å². The number of ether oxygens (including phenoxy) is 1. The van der Waals surface area contributed by atoms with Crippen LogP contribution in [0.25, 0.3) is 5.65 Å². The molecule has 3 rings (SSSR count). The quantitative estimate of drug-likeness (QED) is 0.642. The number of anilines is 1. The third-order valence-corrected chi connectivity index (χ3v) is 4.04. The minimum atomic E-state index is -4.77. The van der Waals surface area contributed by atoms with E-state index >= 15 is 0 Å². The van der Waals surface area contributed by atoms with Crippen LogP contribution in [0.1, 0.15) is 18.5 Å². The van der Waals surface area contributed by atoms with Crippen molar-refractivity contribution in [1.82, 2.24) is 24.7 Å². The van der Waals surface area contributed by atoms with Crippen molar-refractivity contribution in [3.63, 3.8) is 0 Å². The van der Waals surface area contributed by atoms with Crippen molar-refractivity contribution >= 4 is 17.2 Å². The number of nitrogens with one attached hydrogen (secondary N) is 2. The predicted octanol–water partition coefficient (Wildman–Crippen LogP) is 1.71. The van der Waals surface area contributed by atoms with Gasteiger partial charge in [-0.05, 0) is 30.7 Å². The first-order chi connectivity index (χ1) is 13.7. The maximum absolute atomic E-state index is 12.3. The summed E-state index contributed by atoms with van der Waals surface area (Å²) in [6, 6.07) is 6.26. The van der Waals surface area contributed by atoms with E-state index in [1.165, 1.54) is 18.3 Å². The molecule has 9 nitrogen and oxygen atoms in total. The molecule has 0 bridgehead atoms. The van der Waals surface area contributed by atoms with Gasteiger partial charge in [0.25, 0.3) is 0 Å². The molecule has 0 aliphatic carbocycles. The van der Waals surface area contributed by atoms with Crippen LogP contribution in [0.15, 0.2) is 41.3 Å². The molecular weight excluding hydrogens is 393 g/mol. The lowest BCUT2D eigenvalue weighted by molar-refractivity contribution is -0.274. The van der Waals surface area contributed by atoms with Crippen LogP contribution in [-0.4, -0.2) is 38.7 Å². The molecule has 1 amide bonds. The molecule has 0 aliphatic heterocycles. The Morgan fingerprint density at radius 2 is 1.93 bits per heavy atom. The fourth-order valence-electron chi connectivity index (χ4n) is 2.68. The highest BCUT2D eigenvalue weighted by Crippen LogP contribution is 2.24. The van der Waals surface area contributed by atoms with E-state index in [0.29, 0.717) is 11.3 Å². The van der Waals surface area contributed by atoms with Crippen molar-refractivity contribution in [2.45, 2.75) is 25.9 Å². The SMILES string of the molecule is CNc1ccnn2c(=O)n(CC(=O)N[C@@H](C)c3ccc(OC(F)(F)F)cc3)nc12. The summed E-state index contributed by atoms with van der Waals surface area (Å²) in [5.41, 5.74) is 0.842. The van der Waals surface area contributed by atoms with Crippen molar-refractivity contribution in [3.8, 4) is 5.75 Å². The summed E-state index contributed by atoms with van der Waals surface area (Å²) in [6.45, 7) is 1.32. The molecule has 0 spiro atoms. The standard InChI is InChI=1S/C17H17F3N6O3/c1-10(11-3-5-12(6-4-11)29-17(18,19)20)23-14(27)9-25-16(28)26-15(24-25)13(21-2)7-8-22-26/h3-8,10,21H,9H2,1-2H3,(H,23,27)/t10-/m0/s1. The van der Waals surface area contributed by atoms with E-state index in [4.69, 9.17) is 0 Å². The molecule has 1 aromatic carbocycles. The average Bonchev–Trinajstić information content (AvgIpc) is 2.96. The minimum Gasteiger partial charge on any atom is -0.406 e. The van der Waals surface area contributed by atoms with Gasteiger partial charge < -0.3 is 15.4 Å². The van der Waals surface area contributed by atoms with Crippen LogP contribution in [-0.2, 0) is 11.3 Å². The lowest BCUT2D eigenvalue weighted by Gasteiger charge is -2.15. The van der Waals surface area contributed by atoms with Crippen molar-refractivity contribution in [3.05, 3.63) is 52.6 Å². The lowest BCUT2D eigenvalue weighted by atomic mass is 10.1. The number of benzene rings is 1.